The van der Waals surface area contributed by atoms with Gasteiger partial charge in [-0.3, -0.25) is 0 Å². The van der Waals surface area contributed by atoms with Gasteiger partial charge in [-0.05, 0) is 106 Å². The summed E-state index contributed by atoms with van der Waals surface area (Å²) in [6, 6.07) is 93.6. The van der Waals surface area contributed by atoms with Crippen molar-refractivity contribution in [2.75, 3.05) is 0 Å². The van der Waals surface area contributed by atoms with Crippen molar-refractivity contribution in [3.05, 3.63) is 300 Å². The number of hydrogen-bond acceptors (Lipinski definition) is 6. The Bertz CT molecular complexity index is 5170. The molecule has 0 amide bonds. The Hall–Kier alpha value is -11.0. The minimum atomic E-state index is -0.328. The quantitative estimate of drug-likeness (QED) is 0.136. The summed E-state index contributed by atoms with van der Waals surface area (Å²) in [5.41, 5.74) is 21.2. The van der Waals surface area contributed by atoms with Crippen molar-refractivity contribution in [2.45, 2.75) is 50.9 Å². The van der Waals surface area contributed by atoms with Crippen molar-refractivity contribution in [3.63, 3.8) is 0 Å². The third-order valence-corrected chi connectivity index (χ3v) is 18.7. The molecular weight excluding hydrogens is 1070 g/mol. The van der Waals surface area contributed by atoms with E-state index in [-0.39, 0.29) is 16.7 Å². The lowest BCUT2D eigenvalue weighted by Crippen LogP contribution is -2.27. The molecule has 8 heteroatoms. The Balaban J connectivity index is 0.874. The maximum Gasteiger partial charge on any atom is 0.164 e. The summed E-state index contributed by atoms with van der Waals surface area (Å²) < 4.78 is 5.01. The fourth-order valence-electron chi connectivity index (χ4n) is 14.3. The van der Waals surface area contributed by atoms with E-state index < -0.39 is 0 Å². The summed E-state index contributed by atoms with van der Waals surface area (Å²) in [6.45, 7) is 9.61. The second kappa shape index (κ2) is 19.8. The monoisotopic (exact) mass is 1130 g/mol. The van der Waals surface area contributed by atoms with Gasteiger partial charge in [0.15, 0.2) is 34.9 Å². The second-order valence-electron chi connectivity index (χ2n) is 24.7. The molecule has 1 atom stereocenters. The van der Waals surface area contributed by atoms with E-state index in [1.54, 1.807) is 0 Å². The number of nitrogens with zero attached hydrogens (tertiary/aromatic N) is 8. The molecule has 0 fully saturated rings. The van der Waals surface area contributed by atoms with Crippen LogP contribution in [0.1, 0.15) is 72.6 Å². The summed E-state index contributed by atoms with van der Waals surface area (Å²) in [5.74, 6) is 3.79. The molecule has 4 aromatic heterocycles. The maximum atomic E-state index is 5.23. The van der Waals surface area contributed by atoms with Crippen LogP contribution in [-0.4, -0.2) is 39.0 Å². The maximum absolute atomic E-state index is 5.23. The molecule has 2 aliphatic rings. The van der Waals surface area contributed by atoms with Gasteiger partial charge in [-0.1, -0.05) is 228 Å². The van der Waals surface area contributed by atoms with Crippen LogP contribution in [0.5, 0.6) is 0 Å². The standard InChI is InChI=1S/C80H58N8/c1-79(2)63-34-20-22-36-69(63)87-67-40-38-55(77-83-73(51-26-12-6-13-27-51)81-74(84-77)52-28-14-7-15-29-52)45-59(67)61-43-49(44-65(79)71(61)87)42-58(50-24-10-5-11-25-50)57-47-62-60-46-56(39-41-68(60)88-70-37-23-21-35-64(70)80(3,4)66(48-57)72(62)88)78-85-75(53-30-16-8-17-31-53)82-76(86-78)54-32-18-9-19-33-54/h5-41,43-48,58H,42H2,1-4H3. The summed E-state index contributed by atoms with van der Waals surface area (Å²) >= 11 is 0. The van der Waals surface area contributed by atoms with Gasteiger partial charge in [0.2, 0.25) is 0 Å². The van der Waals surface area contributed by atoms with Crippen molar-refractivity contribution in [2.24, 2.45) is 0 Å². The van der Waals surface area contributed by atoms with Crippen molar-refractivity contribution >= 4 is 43.6 Å². The van der Waals surface area contributed by atoms with Crippen molar-refractivity contribution in [1.29, 1.82) is 0 Å². The number of rotatable bonds is 10. The van der Waals surface area contributed by atoms with Crippen molar-refractivity contribution in [1.82, 2.24) is 39.0 Å². The smallest absolute Gasteiger partial charge is 0.164 e. The molecule has 88 heavy (non-hydrogen) atoms. The van der Waals surface area contributed by atoms with Gasteiger partial charge in [0.1, 0.15) is 0 Å². The van der Waals surface area contributed by atoms with E-state index in [9.17, 15) is 0 Å². The van der Waals surface area contributed by atoms with Gasteiger partial charge in [0.25, 0.3) is 0 Å². The average molecular weight is 1130 g/mol. The van der Waals surface area contributed by atoms with Gasteiger partial charge in [0.05, 0.1) is 33.4 Å². The van der Waals surface area contributed by atoms with Gasteiger partial charge in [-0.15, -0.1) is 0 Å². The minimum Gasteiger partial charge on any atom is -0.309 e. The highest BCUT2D eigenvalue weighted by molar-refractivity contribution is 6.14. The van der Waals surface area contributed by atoms with Crippen LogP contribution < -0.4 is 0 Å². The van der Waals surface area contributed by atoms with Crippen LogP contribution >= 0.6 is 0 Å². The van der Waals surface area contributed by atoms with Gasteiger partial charge >= 0.3 is 0 Å². The molecule has 0 spiro atoms. The van der Waals surface area contributed by atoms with Gasteiger partial charge < -0.3 is 9.13 Å². The molecule has 11 aromatic carbocycles. The molecule has 0 N–H and O–H groups in total. The van der Waals surface area contributed by atoms with Crippen LogP contribution in [0.15, 0.2) is 261 Å². The third-order valence-electron chi connectivity index (χ3n) is 18.7. The van der Waals surface area contributed by atoms with E-state index in [4.69, 9.17) is 29.9 Å². The molecule has 0 bridgehead atoms. The number of hydrogen-bond donors (Lipinski definition) is 0. The minimum absolute atomic E-state index is 0.0209. The van der Waals surface area contributed by atoms with E-state index in [0.29, 0.717) is 34.9 Å². The zero-order chi connectivity index (χ0) is 58.8. The van der Waals surface area contributed by atoms with Crippen molar-refractivity contribution < 1.29 is 0 Å². The highest BCUT2D eigenvalue weighted by Crippen LogP contribution is 2.52. The highest BCUT2D eigenvalue weighted by Gasteiger charge is 2.38. The normalized spacial score (nSPS) is 13.9. The third kappa shape index (κ3) is 8.12. The molecule has 1 unspecified atom stereocenters. The molecule has 0 aliphatic carbocycles. The second-order valence-corrected chi connectivity index (χ2v) is 24.7. The lowest BCUT2D eigenvalue weighted by molar-refractivity contribution is 0.626. The molecule has 6 heterocycles. The zero-order valence-electron chi connectivity index (χ0n) is 49.2. The average Bonchev–Trinajstić information content (AvgIpc) is 1.54. The molecule has 2 aliphatic heterocycles. The summed E-state index contributed by atoms with van der Waals surface area (Å²) in [4.78, 5) is 31.0. The fourth-order valence-corrected chi connectivity index (χ4v) is 14.3. The first-order chi connectivity index (χ1) is 43.1. The molecular formula is C80H58N8. The molecule has 0 radical (unpaired) electrons. The van der Waals surface area contributed by atoms with E-state index in [1.165, 1.54) is 72.1 Å². The number of fused-ring (bicyclic) bond motifs is 10. The Morgan fingerprint density at radius 3 is 1.07 bits per heavy atom. The van der Waals surface area contributed by atoms with Crippen LogP contribution in [-0.2, 0) is 17.3 Å². The SMILES string of the molecule is CC1(C)c2ccccc2-n2c3ccc(-c4nc(-c5ccccc5)nc(-c5ccccc5)n4)cc3c3cc(CC(c4ccccc4)c4cc5c6c(c4)c4cc(-c7nc(-c8ccccc8)nc(-c8ccccc8)n7)ccc4n6-c4ccccc4C5(C)C)cc1c32. The van der Waals surface area contributed by atoms with Crippen LogP contribution in [0.25, 0.3) is 123 Å². The van der Waals surface area contributed by atoms with E-state index >= 15 is 0 Å². The first-order valence-corrected chi connectivity index (χ1v) is 30.4. The lowest BCUT2D eigenvalue weighted by atomic mass is 9.72. The Labute approximate surface area is 510 Å². The van der Waals surface area contributed by atoms with Gasteiger partial charge in [-0.2, -0.15) is 0 Å². The first kappa shape index (κ1) is 51.5. The molecule has 418 valence electrons. The lowest BCUT2D eigenvalue weighted by Gasteiger charge is -2.36. The molecule has 0 saturated carbocycles. The van der Waals surface area contributed by atoms with Crippen molar-refractivity contribution in [3.8, 4) is 79.7 Å². The van der Waals surface area contributed by atoms with Gasteiger partial charge in [0, 0.05) is 71.7 Å². The van der Waals surface area contributed by atoms with Crippen LogP contribution in [0, 0.1) is 0 Å². The number of benzene rings is 11. The van der Waals surface area contributed by atoms with E-state index in [1.807, 2.05) is 72.8 Å². The molecule has 8 nitrogen and oxygen atoms in total. The van der Waals surface area contributed by atoms with Crippen LogP contribution in [0.3, 0.4) is 0 Å². The van der Waals surface area contributed by atoms with E-state index in [0.717, 1.165) is 61.6 Å². The number of aromatic nitrogens is 8. The Morgan fingerprint density at radius 2 is 0.648 bits per heavy atom. The summed E-state index contributed by atoms with van der Waals surface area (Å²) in [6.07, 6.45) is 0.757. The molecule has 17 rings (SSSR count). The van der Waals surface area contributed by atoms with Crippen LogP contribution in [0.2, 0.25) is 0 Å². The predicted molar refractivity (Wildman–Crippen MR) is 357 cm³/mol. The topological polar surface area (TPSA) is 87.2 Å². The Morgan fingerprint density at radius 1 is 0.295 bits per heavy atom. The summed E-state index contributed by atoms with van der Waals surface area (Å²) in [7, 11) is 0. The fraction of sp³-hybridized carbons (Fsp3) is 0.100. The zero-order valence-corrected chi connectivity index (χ0v) is 49.2. The summed E-state index contributed by atoms with van der Waals surface area (Å²) in [5, 5.41) is 4.72. The predicted octanol–water partition coefficient (Wildman–Crippen LogP) is 18.9. The molecule has 0 saturated heterocycles. The number of para-hydroxylation sites is 2. The van der Waals surface area contributed by atoms with E-state index in [2.05, 4.69) is 225 Å². The van der Waals surface area contributed by atoms with Gasteiger partial charge in [-0.25, -0.2) is 29.9 Å². The molecule has 15 aromatic rings. The Kier molecular flexibility index (Phi) is 11.6. The highest BCUT2D eigenvalue weighted by atomic mass is 15.1. The largest absolute Gasteiger partial charge is 0.309 e. The first-order valence-electron chi connectivity index (χ1n) is 30.4. The van der Waals surface area contributed by atoms with Crippen LogP contribution in [0.4, 0.5) is 0 Å².